The van der Waals surface area contributed by atoms with Crippen molar-refractivity contribution in [1.82, 2.24) is 5.32 Å². The number of ether oxygens (including phenoxy) is 2. The molecule has 30 heavy (non-hydrogen) atoms. The maximum atomic E-state index is 13.9. The molecule has 158 valence electrons. The molecule has 0 saturated carbocycles. The molecular formula is C22H23FN2O5. The highest BCUT2D eigenvalue weighted by molar-refractivity contribution is 5.99. The molecule has 0 aliphatic carbocycles. The summed E-state index contributed by atoms with van der Waals surface area (Å²) in [5.41, 5.74) is 1.09. The lowest BCUT2D eigenvalue weighted by Crippen LogP contribution is -2.32. The quantitative estimate of drug-likeness (QED) is 0.669. The summed E-state index contributed by atoms with van der Waals surface area (Å²) >= 11 is 0. The molecule has 0 bridgehead atoms. The molecule has 0 radical (unpaired) electrons. The molecule has 1 atom stereocenters. The molecule has 8 heteroatoms. The summed E-state index contributed by atoms with van der Waals surface area (Å²) in [7, 11) is 1.58. The SMILES string of the molecule is COc1ccccc1CCNC(=O)COC(=O)[C@@H]1CC(=O)N(c2ccccc2F)C1. The third kappa shape index (κ3) is 5.14. The zero-order valence-corrected chi connectivity index (χ0v) is 16.6. The van der Waals surface area contributed by atoms with Gasteiger partial charge in [0.05, 0.1) is 18.7 Å². The average Bonchev–Trinajstić information content (AvgIpc) is 3.14. The second kappa shape index (κ2) is 9.87. The summed E-state index contributed by atoms with van der Waals surface area (Å²) in [6.45, 7) is -0.0527. The number of rotatable bonds is 8. The van der Waals surface area contributed by atoms with Gasteiger partial charge in [-0.15, -0.1) is 0 Å². The summed E-state index contributed by atoms with van der Waals surface area (Å²) < 4.78 is 24.2. The van der Waals surface area contributed by atoms with Crippen LogP contribution in [0.4, 0.5) is 10.1 Å². The van der Waals surface area contributed by atoms with Crippen molar-refractivity contribution in [2.75, 3.05) is 31.7 Å². The van der Waals surface area contributed by atoms with Gasteiger partial charge in [0.1, 0.15) is 11.6 Å². The highest BCUT2D eigenvalue weighted by Gasteiger charge is 2.37. The summed E-state index contributed by atoms with van der Waals surface area (Å²) in [5, 5.41) is 2.68. The first-order chi connectivity index (χ1) is 14.5. The second-order valence-electron chi connectivity index (χ2n) is 6.88. The van der Waals surface area contributed by atoms with Gasteiger partial charge in [0.15, 0.2) is 6.61 Å². The van der Waals surface area contributed by atoms with Gasteiger partial charge in [-0.3, -0.25) is 14.4 Å². The number of carbonyl (C=O) groups is 3. The Kier molecular flexibility index (Phi) is 7.00. The summed E-state index contributed by atoms with van der Waals surface area (Å²) in [6.07, 6.45) is 0.487. The van der Waals surface area contributed by atoms with Gasteiger partial charge in [0, 0.05) is 19.5 Å². The fraction of sp³-hybridized carbons (Fsp3) is 0.318. The predicted octanol–water partition coefficient (Wildman–Crippen LogP) is 2.09. The van der Waals surface area contributed by atoms with E-state index in [0.717, 1.165) is 11.3 Å². The van der Waals surface area contributed by atoms with E-state index in [9.17, 15) is 18.8 Å². The van der Waals surface area contributed by atoms with Crippen LogP contribution >= 0.6 is 0 Å². The largest absolute Gasteiger partial charge is 0.496 e. The molecule has 1 saturated heterocycles. The van der Waals surface area contributed by atoms with Gasteiger partial charge in [-0.1, -0.05) is 30.3 Å². The van der Waals surface area contributed by atoms with Crippen molar-refractivity contribution in [3.8, 4) is 5.75 Å². The van der Waals surface area contributed by atoms with E-state index in [-0.39, 0.29) is 24.6 Å². The van der Waals surface area contributed by atoms with E-state index in [1.165, 1.54) is 23.1 Å². The number of amides is 2. The molecule has 2 aromatic rings. The van der Waals surface area contributed by atoms with Crippen LogP contribution in [0.15, 0.2) is 48.5 Å². The molecule has 2 amide bonds. The van der Waals surface area contributed by atoms with Gasteiger partial charge in [-0.05, 0) is 30.2 Å². The Labute approximate surface area is 173 Å². The maximum absolute atomic E-state index is 13.9. The average molecular weight is 414 g/mol. The lowest BCUT2D eigenvalue weighted by molar-refractivity contribution is -0.152. The van der Waals surface area contributed by atoms with Crippen LogP contribution in [0.25, 0.3) is 0 Å². The van der Waals surface area contributed by atoms with Gasteiger partial charge in [-0.2, -0.15) is 0 Å². The van der Waals surface area contributed by atoms with Crippen LogP contribution in [0.1, 0.15) is 12.0 Å². The summed E-state index contributed by atoms with van der Waals surface area (Å²) in [4.78, 5) is 37.6. The van der Waals surface area contributed by atoms with E-state index in [0.29, 0.717) is 13.0 Å². The Morgan fingerprint density at radius 2 is 1.90 bits per heavy atom. The fourth-order valence-electron chi connectivity index (χ4n) is 3.32. The number of esters is 1. The molecule has 1 aliphatic rings. The third-order valence-electron chi connectivity index (χ3n) is 4.86. The number of carbonyl (C=O) groups excluding carboxylic acids is 3. The fourth-order valence-corrected chi connectivity index (χ4v) is 3.32. The Hall–Kier alpha value is -3.42. The minimum absolute atomic E-state index is 0.0218. The van der Waals surface area contributed by atoms with Crippen molar-refractivity contribution in [3.05, 3.63) is 59.9 Å². The Balaban J connectivity index is 1.43. The molecule has 1 fully saturated rings. The third-order valence-corrected chi connectivity index (χ3v) is 4.86. The molecule has 2 aromatic carbocycles. The van der Waals surface area contributed by atoms with Crippen molar-refractivity contribution in [3.63, 3.8) is 0 Å². The predicted molar refractivity (Wildman–Crippen MR) is 108 cm³/mol. The van der Waals surface area contributed by atoms with Gasteiger partial charge >= 0.3 is 5.97 Å². The number of halogens is 1. The van der Waals surface area contributed by atoms with Gasteiger partial charge in [0.25, 0.3) is 5.91 Å². The van der Waals surface area contributed by atoms with Crippen LogP contribution in [0, 0.1) is 11.7 Å². The highest BCUT2D eigenvalue weighted by atomic mass is 19.1. The lowest BCUT2D eigenvalue weighted by Gasteiger charge is -2.17. The first kappa shape index (κ1) is 21.3. The van der Waals surface area contributed by atoms with Gasteiger partial charge < -0.3 is 19.7 Å². The Morgan fingerprint density at radius 1 is 1.17 bits per heavy atom. The lowest BCUT2D eigenvalue weighted by atomic mass is 10.1. The smallest absolute Gasteiger partial charge is 0.311 e. The molecule has 3 rings (SSSR count). The molecule has 1 aliphatic heterocycles. The molecule has 0 spiro atoms. The van der Waals surface area contributed by atoms with E-state index >= 15 is 0 Å². The first-order valence-electron chi connectivity index (χ1n) is 9.59. The molecule has 0 aromatic heterocycles. The van der Waals surface area contributed by atoms with Crippen molar-refractivity contribution in [1.29, 1.82) is 0 Å². The van der Waals surface area contributed by atoms with E-state index in [2.05, 4.69) is 5.32 Å². The number of hydrogen-bond acceptors (Lipinski definition) is 5. The van der Waals surface area contributed by atoms with Crippen molar-refractivity contribution in [2.45, 2.75) is 12.8 Å². The number of benzene rings is 2. The van der Waals surface area contributed by atoms with Gasteiger partial charge in [-0.25, -0.2) is 4.39 Å². The number of nitrogens with one attached hydrogen (secondary N) is 1. The van der Waals surface area contributed by atoms with Crippen LogP contribution in [-0.4, -0.2) is 44.6 Å². The van der Waals surface area contributed by atoms with Crippen molar-refractivity contribution < 1.29 is 28.2 Å². The Bertz CT molecular complexity index is 933. The maximum Gasteiger partial charge on any atom is 0.311 e. The number of para-hydroxylation sites is 2. The minimum Gasteiger partial charge on any atom is -0.496 e. The minimum atomic E-state index is -0.738. The zero-order valence-electron chi connectivity index (χ0n) is 16.6. The summed E-state index contributed by atoms with van der Waals surface area (Å²) in [6, 6.07) is 13.4. The molecule has 1 heterocycles. The van der Waals surface area contributed by atoms with Crippen LogP contribution in [0.5, 0.6) is 5.75 Å². The number of methoxy groups -OCH3 is 1. The van der Waals surface area contributed by atoms with Crippen LogP contribution in [-0.2, 0) is 25.5 Å². The normalized spacial score (nSPS) is 15.7. The standard InChI is InChI=1S/C22H23FN2O5/c1-29-19-9-5-2-6-15(19)10-11-24-20(26)14-30-22(28)16-12-21(27)25(13-16)18-8-4-3-7-17(18)23/h2-9,16H,10-14H2,1H3,(H,24,26)/t16-/m1/s1. The second-order valence-corrected chi connectivity index (χ2v) is 6.88. The van der Waals surface area contributed by atoms with E-state index in [1.807, 2.05) is 24.3 Å². The van der Waals surface area contributed by atoms with E-state index < -0.39 is 30.2 Å². The van der Waals surface area contributed by atoms with Gasteiger partial charge in [0.2, 0.25) is 5.91 Å². The topological polar surface area (TPSA) is 84.9 Å². The van der Waals surface area contributed by atoms with Crippen molar-refractivity contribution >= 4 is 23.5 Å². The molecule has 1 N–H and O–H groups in total. The van der Waals surface area contributed by atoms with E-state index in [1.54, 1.807) is 13.2 Å². The molecular weight excluding hydrogens is 391 g/mol. The number of nitrogens with zero attached hydrogens (tertiary/aromatic N) is 1. The van der Waals surface area contributed by atoms with Crippen LogP contribution in [0.2, 0.25) is 0 Å². The number of anilines is 1. The monoisotopic (exact) mass is 414 g/mol. The number of hydrogen-bond donors (Lipinski definition) is 1. The van der Waals surface area contributed by atoms with Crippen LogP contribution in [0.3, 0.4) is 0 Å². The molecule has 7 nitrogen and oxygen atoms in total. The zero-order chi connectivity index (χ0) is 21.5. The highest BCUT2D eigenvalue weighted by Crippen LogP contribution is 2.27. The van der Waals surface area contributed by atoms with E-state index in [4.69, 9.17) is 9.47 Å². The van der Waals surface area contributed by atoms with Crippen LogP contribution < -0.4 is 15.0 Å². The van der Waals surface area contributed by atoms with Crippen molar-refractivity contribution in [2.24, 2.45) is 5.92 Å². The first-order valence-corrected chi connectivity index (χ1v) is 9.59. The molecule has 0 unspecified atom stereocenters. The Morgan fingerprint density at radius 3 is 2.67 bits per heavy atom. The summed E-state index contributed by atoms with van der Waals surface area (Å²) in [5.74, 6) is -1.98.